The van der Waals surface area contributed by atoms with Crippen LogP contribution in [0.15, 0.2) is 0 Å². The van der Waals surface area contributed by atoms with E-state index < -0.39 is 0 Å². The summed E-state index contributed by atoms with van der Waals surface area (Å²) in [5.41, 5.74) is 0. The predicted molar refractivity (Wildman–Crippen MR) is 48.8 cm³/mol. The Labute approximate surface area is 70.0 Å². The molecule has 2 atom stereocenters. The molecule has 66 valence electrons. The molecule has 0 aliphatic carbocycles. The molecule has 0 aromatic heterocycles. The Morgan fingerprint density at radius 3 is 2.73 bits per heavy atom. The van der Waals surface area contributed by atoms with E-state index in [9.17, 15) is 0 Å². The van der Waals surface area contributed by atoms with Gasteiger partial charge < -0.3 is 5.32 Å². The second-order valence-electron chi connectivity index (χ2n) is 3.46. The van der Waals surface area contributed by atoms with Crippen molar-refractivity contribution in [2.45, 2.75) is 39.3 Å². The van der Waals surface area contributed by atoms with Crippen LogP contribution >= 0.6 is 0 Å². The molecule has 1 rings (SSSR count). The lowest BCUT2D eigenvalue weighted by Crippen LogP contribution is -2.54. The average Bonchev–Trinajstić information content (AvgIpc) is 2.04. The van der Waals surface area contributed by atoms with E-state index in [0.29, 0.717) is 6.04 Å². The van der Waals surface area contributed by atoms with Gasteiger partial charge in [-0.3, -0.25) is 4.90 Å². The molecule has 1 heterocycles. The second kappa shape index (κ2) is 4.07. The van der Waals surface area contributed by atoms with Gasteiger partial charge in [0.1, 0.15) is 0 Å². The molecular formula is C9H20N2. The monoisotopic (exact) mass is 156 g/mol. The van der Waals surface area contributed by atoms with Crippen LogP contribution in [-0.2, 0) is 0 Å². The first kappa shape index (κ1) is 9.01. The third-order valence-electron chi connectivity index (χ3n) is 2.60. The van der Waals surface area contributed by atoms with E-state index in [4.69, 9.17) is 0 Å². The lowest BCUT2D eigenvalue weighted by molar-refractivity contribution is 0.139. The van der Waals surface area contributed by atoms with Crippen molar-refractivity contribution in [2.75, 3.05) is 19.6 Å². The minimum atomic E-state index is 0.678. The van der Waals surface area contributed by atoms with Gasteiger partial charge in [0.2, 0.25) is 0 Å². The highest BCUT2D eigenvalue weighted by Crippen LogP contribution is 2.08. The highest BCUT2D eigenvalue weighted by Gasteiger charge is 2.22. The molecule has 0 saturated carbocycles. The molecule has 0 amide bonds. The summed E-state index contributed by atoms with van der Waals surface area (Å²) in [6.07, 6.45) is 1.27. The van der Waals surface area contributed by atoms with Crippen molar-refractivity contribution >= 4 is 0 Å². The molecule has 1 N–H and O–H groups in total. The van der Waals surface area contributed by atoms with Crippen LogP contribution in [0.25, 0.3) is 0 Å². The first-order valence-corrected chi connectivity index (χ1v) is 4.75. The Balaban J connectivity index is 2.41. The molecule has 0 radical (unpaired) electrons. The van der Waals surface area contributed by atoms with E-state index in [1.807, 2.05) is 0 Å². The molecule has 2 heteroatoms. The predicted octanol–water partition coefficient (Wildman–Crippen LogP) is 1.08. The summed E-state index contributed by atoms with van der Waals surface area (Å²) in [5, 5.41) is 3.51. The van der Waals surface area contributed by atoms with E-state index in [-0.39, 0.29) is 0 Å². The Morgan fingerprint density at radius 2 is 2.18 bits per heavy atom. The fourth-order valence-corrected chi connectivity index (χ4v) is 1.82. The molecule has 0 aromatic carbocycles. The Kier molecular flexibility index (Phi) is 3.34. The van der Waals surface area contributed by atoms with Crippen molar-refractivity contribution in [3.63, 3.8) is 0 Å². The molecule has 1 aliphatic rings. The number of nitrogens with one attached hydrogen (secondary N) is 1. The van der Waals surface area contributed by atoms with Gasteiger partial charge in [0.05, 0.1) is 0 Å². The smallest absolute Gasteiger partial charge is 0.0218 e. The lowest BCUT2D eigenvalue weighted by Gasteiger charge is -2.38. The number of hydrogen-bond acceptors (Lipinski definition) is 2. The van der Waals surface area contributed by atoms with Crippen molar-refractivity contribution in [1.29, 1.82) is 0 Å². The highest BCUT2D eigenvalue weighted by atomic mass is 15.2. The van der Waals surface area contributed by atoms with Gasteiger partial charge in [0.25, 0.3) is 0 Å². The molecule has 1 fully saturated rings. The molecule has 1 saturated heterocycles. The summed E-state index contributed by atoms with van der Waals surface area (Å²) >= 11 is 0. The maximum atomic E-state index is 3.51. The summed E-state index contributed by atoms with van der Waals surface area (Å²) in [5.74, 6) is 0. The van der Waals surface area contributed by atoms with Gasteiger partial charge in [-0.15, -0.1) is 0 Å². The molecule has 0 bridgehead atoms. The number of rotatable bonds is 2. The summed E-state index contributed by atoms with van der Waals surface area (Å²) in [6.45, 7) is 10.4. The first-order chi connectivity index (χ1) is 5.27. The molecule has 0 aromatic rings. The molecule has 2 nitrogen and oxygen atoms in total. The minimum Gasteiger partial charge on any atom is -0.311 e. The third kappa shape index (κ3) is 2.17. The fraction of sp³-hybridized carbons (Fsp3) is 1.00. The van der Waals surface area contributed by atoms with Gasteiger partial charge in [-0.2, -0.15) is 0 Å². The van der Waals surface area contributed by atoms with Gasteiger partial charge in [0, 0.05) is 25.2 Å². The van der Waals surface area contributed by atoms with E-state index in [2.05, 4.69) is 31.0 Å². The van der Waals surface area contributed by atoms with Gasteiger partial charge >= 0.3 is 0 Å². The Bertz CT molecular complexity index is 114. The minimum absolute atomic E-state index is 0.678. The standard InChI is InChI=1S/C9H20N2/c1-4-9-6-10-8(3)7-11(9)5-2/h8-10H,4-7H2,1-3H3. The zero-order valence-electron chi connectivity index (χ0n) is 7.93. The van der Waals surface area contributed by atoms with Crippen molar-refractivity contribution < 1.29 is 0 Å². The summed E-state index contributed by atoms with van der Waals surface area (Å²) in [7, 11) is 0. The van der Waals surface area contributed by atoms with Gasteiger partial charge in [-0.25, -0.2) is 0 Å². The van der Waals surface area contributed by atoms with Crippen LogP contribution in [-0.4, -0.2) is 36.6 Å². The highest BCUT2D eigenvalue weighted by molar-refractivity contribution is 4.82. The van der Waals surface area contributed by atoms with Gasteiger partial charge in [0.15, 0.2) is 0 Å². The van der Waals surface area contributed by atoms with Crippen molar-refractivity contribution in [3.8, 4) is 0 Å². The van der Waals surface area contributed by atoms with E-state index in [1.54, 1.807) is 0 Å². The van der Waals surface area contributed by atoms with Crippen LogP contribution in [0.1, 0.15) is 27.2 Å². The van der Waals surface area contributed by atoms with Crippen LogP contribution in [0.2, 0.25) is 0 Å². The molecule has 11 heavy (non-hydrogen) atoms. The number of piperazine rings is 1. The summed E-state index contributed by atoms with van der Waals surface area (Å²) in [4.78, 5) is 2.57. The molecule has 1 aliphatic heterocycles. The Hall–Kier alpha value is -0.0800. The number of likely N-dealkylation sites (N-methyl/N-ethyl adjacent to an activating group) is 1. The summed E-state index contributed by atoms with van der Waals surface area (Å²) < 4.78 is 0. The third-order valence-corrected chi connectivity index (χ3v) is 2.60. The molecule has 2 unspecified atom stereocenters. The number of hydrogen-bond donors (Lipinski definition) is 1. The second-order valence-corrected chi connectivity index (χ2v) is 3.46. The van der Waals surface area contributed by atoms with Crippen LogP contribution in [0, 0.1) is 0 Å². The quantitative estimate of drug-likeness (QED) is 0.643. The van der Waals surface area contributed by atoms with E-state index >= 15 is 0 Å². The van der Waals surface area contributed by atoms with E-state index in [0.717, 1.165) is 6.04 Å². The Morgan fingerprint density at radius 1 is 1.45 bits per heavy atom. The van der Waals surface area contributed by atoms with Crippen LogP contribution in [0.4, 0.5) is 0 Å². The normalized spacial score (nSPS) is 34.1. The van der Waals surface area contributed by atoms with Gasteiger partial charge in [-0.05, 0) is 19.9 Å². The van der Waals surface area contributed by atoms with Crippen molar-refractivity contribution in [3.05, 3.63) is 0 Å². The first-order valence-electron chi connectivity index (χ1n) is 4.75. The average molecular weight is 156 g/mol. The van der Waals surface area contributed by atoms with Crippen LogP contribution in [0.5, 0.6) is 0 Å². The maximum Gasteiger partial charge on any atom is 0.0218 e. The van der Waals surface area contributed by atoms with E-state index in [1.165, 1.54) is 26.1 Å². The zero-order valence-corrected chi connectivity index (χ0v) is 7.93. The van der Waals surface area contributed by atoms with Crippen LogP contribution < -0.4 is 5.32 Å². The lowest BCUT2D eigenvalue weighted by atomic mass is 10.1. The van der Waals surface area contributed by atoms with Crippen molar-refractivity contribution in [1.82, 2.24) is 10.2 Å². The molecular weight excluding hydrogens is 136 g/mol. The topological polar surface area (TPSA) is 15.3 Å². The fourth-order valence-electron chi connectivity index (χ4n) is 1.82. The maximum absolute atomic E-state index is 3.51. The zero-order chi connectivity index (χ0) is 8.27. The van der Waals surface area contributed by atoms with Crippen molar-refractivity contribution in [2.24, 2.45) is 0 Å². The summed E-state index contributed by atoms with van der Waals surface area (Å²) in [6, 6.07) is 1.45. The van der Waals surface area contributed by atoms with Crippen LogP contribution in [0.3, 0.4) is 0 Å². The molecule has 0 spiro atoms. The van der Waals surface area contributed by atoms with Gasteiger partial charge in [-0.1, -0.05) is 13.8 Å². The SMILES string of the molecule is CCC1CNC(C)CN1CC. The number of nitrogens with zero attached hydrogens (tertiary/aromatic N) is 1. The largest absolute Gasteiger partial charge is 0.311 e.